The normalized spacial score (nSPS) is 11.5. The highest BCUT2D eigenvalue weighted by atomic mass is 19.1. The van der Waals surface area contributed by atoms with Gasteiger partial charge in [-0.25, -0.2) is 4.39 Å². The summed E-state index contributed by atoms with van der Waals surface area (Å²) in [5.41, 5.74) is 6.53. The Balaban J connectivity index is 0.000000288. The van der Waals surface area contributed by atoms with E-state index < -0.39 is 6.17 Å². The summed E-state index contributed by atoms with van der Waals surface area (Å²) in [6.07, 6.45) is 0.176. The van der Waals surface area contributed by atoms with Crippen LogP contribution in [0.5, 0.6) is 0 Å². The summed E-state index contributed by atoms with van der Waals surface area (Å²) in [7, 11) is 0. The maximum Gasteiger partial charge on any atom is 0.110 e. The lowest BCUT2D eigenvalue weighted by Crippen LogP contribution is -2.24. The summed E-state index contributed by atoms with van der Waals surface area (Å²) < 4.78 is 12.0. The molecule has 0 aliphatic rings. The number of hydrogen-bond donors (Lipinski definition) is 2. The summed E-state index contributed by atoms with van der Waals surface area (Å²) in [6.45, 7) is 5.56. The maximum absolute atomic E-state index is 12.0. The van der Waals surface area contributed by atoms with Crippen LogP contribution in [0.1, 0.15) is 18.9 Å². The summed E-state index contributed by atoms with van der Waals surface area (Å²) >= 11 is 0. The molecule has 0 amide bonds. The quantitative estimate of drug-likeness (QED) is 0.756. The Morgan fingerprint density at radius 1 is 1.31 bits per heavy atom. The third kappa shape index (κ3) is 11.1. The molecule has 1 rings (SSSR count). The van der Waals surface area contributed by atoms with E-state index in [1.165, 1.54) is 12.5 Å². The average molecular weight is 226 g/mol. The van der Waals surface area contributed by atoms with Crippen molar-refractivity contribution in [3.05, 3.63) is 35.9 Å². The van der Waals surface area contributed by atoms with Crippen molar-refractivity contribution in [1.29, 1.82) is 0 Å². The number of benzene rings is 1. The van der Waals surface area contributed by atoms with Gasteiger partial charge in [-0.15, -0.1) is 0 Å². The van der Waals surface area contributed by atoms with E-state index in [-0.39, 0.29) is 0 Å². The molecular formula is C13H23FN2. The second kappa shape index (κ2) is 10.6. The van der Waals surface area contributed by atoms with Crippen LogP contribution in [0, 0.1) is 6.92 Å². The molecule has 0 saturated heterocycles. The Kier molecular flexibility index (Phi) is 9.97. The molecule has 0 aliphatic heterocycles. The lowest BCUT2D eigenvalue weighted by atomic mass is 10.2. The maximum atomic E-state index is 12.0. The molecule has 0 radical (unpaired) electrons. The van der Waals surface area contributed by atoms with Gasteiger partial charge in [-0.05, 0) is 33.4 Å². The van der Waals surface area contributed by atoms with Gasteiger partial charge in [0.1, 0.15) is 6.17 Å². The van der Waals surface area contributed by atoms with Crippen LogP contribution in [0.2, 0.25) is 0 Å². The topological polar surface area (TPSA) is 38.0 Å². The summed E-state index contributed by atoms with van der Waals surface area (Å²) in [6, 6.07) is 10.3. The Hall–Kier alpha value is -0.930. The average Bonchev–Trinajstić information content (AvgIpc) is 2.26. The highest BCUT2D eigenvalue weighted by Gasteiger charge is 1.93. The standard InChI is InChI=1S/C7H8.C6H15FN2/c1-7-5-3-2-4-6-7;1-6(7)5-9-4-2-3-8/h2-6H,1H3;6,9H,2-5,8H2,1H3. The molecule has 3 heteroatoms. The van der Waals surface area contributed by atoms with Crippen molar-refractivity contribution in [2.45, 2.75) is 26.4 Å². The van der Waals surface area contributed by atoms with Gasteiger partial charge in [0.15, 0.2) is 0 Å². The fourth-order valence-corrected chi connectivity index (χ4v) is 1.06. The lowest BCUT2D eigenvalue weighted by molar-refractivity contribution is 0.345. The number of alkyl halides is 1. The molecule has 1 aromatic carbocycles. The molecule has 0 saturated carbocycles. The zero-order chi connectivity index (χ0) is 12.2. The molecule has 0 heterocycles. The molecular weight excluding hydrogens is 203 g/mol. The largest absolute Gasteiger partial charge is 0.330 e. The van der Waals surface area contributed by atoms with Crippen molar-refractivity contribution in [3.63, 3.8) is 0 Å². The van der Waals surface area contributed by atoms with E-state index in [2.05, 4.69) is 24.4 Å². The van der Waals surface area contributed by atoms with Gasteiger partial charge in [-0.2, -0.15) is 0 Å². The van der Waals surface area contributed by atoms with Gasteiger partial charge in [0.2, 0.25) is 0 Å². The number of rotatable bonds is 5. The lowest BCUT2D eigenvalue weighted by Gasteiger charge is -2.02. The van der Waals surface area contributed by atoms with E-state index in [1.54, 1.807) is 0 Å². The van der Waals surface area contributed by atoms with Crippen LogP contribution < -0.4 is 11.1 Å². The first-order valence-corrected chi connectivity index (χ1v) is 5.73. The first-order valence-electron chi connectivity index (χ1n) is 5.73. The minimum Gasteiger partial charge on any atom is -0.330 e. The Morgan fingerprint density at radius 2 is 1.94 bits per heavy atom. The first kappa shape index (κ1) is 15.1. The molecule has 1 aromatic rings. The number of nitrogens with two attached hydrogens (primary N) is 1. The fraction of sp³-hybridized carbons (Fsp3) is 0.538. The monoisotopic (exact) mass is 226 g/mol. The minimum absolute atomic E-state index is 0.444. The van der Waals surface area contributed by atoms with Crippen molar-refractivity contribution < 1.29 is 4.39 Å². The van der Waals surface area contributed by atoms with E-state index in [9.17, 15) is 4.39 Å². The molecule has 0 aromatic heterocycles. The minimum atomic E-state index is -0.747. The zero-order valence-electron chi connectivity index (χ0n) is 10.2. The zero-order valence-corrected chi connectivity index (χ0v) is 10.2. The van der Waals surface area contributed by atoms with Gasteiger partial charge in [0.05, 0.1) is 0 Å². The van der Waals surface area contributed by atoms with Gasteiger partial charge in [-0.1, -0.05) is 35.9 Å². The van der Waals surface area contributed by atoms with E-state index >= 15 is 0 Å². The van der Waals surface area contributed by atoms with Gasteiger partial charge in [-0.3, -0.25) is 0 Å². The van der Waals surface area contributed by atoms with Crippen molar-refractivity contribution in [2.75, 3.05) is 19.6 Å². The summed E-state index contributed by atoms with van der Waals surface area (Å²) in [5, 5.41) is 2.93. The SMILES string of the molecule is CC(F)CNCCCN.Cc1ccccc1. The van der Waals surface area contributed by atoms with Crippen LogP contribution in [0.3, 0.4) is 0 Å². The molecule has 0 spiro atoms. The number of halogens is 1. The van der Waals surface area contributed by atoms with Crippen molar-refractivity contribution in [2.24, 2.45) is 5.73 Å². The van der Waals surface area contributed by atoms with Crippen molar-refractivity contribution >= 4 is 0 Å². The first-order chi connectivity index (χ1) is 7.66. The Bertz CT molecular complexity index is 237. The van der Waals surface area contributed by atoms with Crippen LogP contribution in [-0.2, 0) is 0 Å². The number of nitrogens with one attached hydrogen (secondary N) is 1. The van der Waals surface area contributed by atoms with Crippen LogP contribution in [0.4, 0.5) is 4.39 Å². The molecule has 1 atom stereocenters. The molecule has 92 valence electrons. The molecule has 2 nitrogen and oxygen atoms in total. The third-order valence-corrected chi connectivity index (χ3v) is 1.92. The third-order valence-electron chi connectivity index (χ3n) is 1.92. The molecule has 0 aliphatic carbocycles. The highest BCUT2D eigenvalue weighted by molar-refractivity contribution is 5.11. The Labute approximate surface area is 98.0 Å². The van der Waals surface area contributed by atoms with Crippen LogP contribution in [-0.4, -0.2) is 25.8 Å². The Morgan fingerprint density at radius 3 is 2.31 bits per heavy atom. The van der Waals surface area contributed by atoms with E-state index in [1.807, 2.05) is 18.2 Å². The smallest absolute Gasteiger partial charge is 0.110 e. The van der Waals surface area contributed by atoms with Gasteiger partial charge < -0.3 is 11.1 Å². The molecule has 3 N–H and O–H groups in total. The molecule has 16 heavy (non-hydrogen) atoms. The predicted molar refractivity (Wildman–Crippen MR) is 68.3 cm³/mol. The summed E-state index contributed by atoms with van der Waals surface area (Å²) in [4.78, 5) is 0. The van der Waals surface area contributed by atoms with E-state index in [4.69, 9.17) is 5.73 Å². The molecule has 1 unspecified atom stereocenters. The van der Waals surface area contributed by atoms with Crippen LogP contribution in [0.25, 0.3) is 0 Å². The predicted octanol–water partition coefficient (Wildman–Crippen LogP) is 2.28. The van der Waals surface area contributed by atoms with Gasteiger partial charge in [0, 0.05) is 6.54 Å². The second-order valence-electron chi connectivity index (χ2n) is 3.78. The fourth-order valence-electron chi connectivity index (χ4n) is 1.06. The molecule has 0 bridgehead atoms. The summed E-state index contributed by atoms with van der Waals surface area (Å²) in [5.74, 6) is 0. The number of aryl methyl sites for hydroxylation is 1. The van der Waals surface area contributed by atoms with E-state index in [0.29, 0.717) is 13.1 Å². The highest BCUT2D eigenvalue weighted by Crippen LogP contribution is 1.92. The second-order valence-corrected chi connectivity index (χ2v) is 3.78. The van der Waals surface area contributed by atoms with E-state index in [0.717, 1.165) is 13.0 Å². The van der Waals surface area contributed by atoms with Gasteiger partial charge >= 0.3 is 0 Å². The molecule has 0 fully saturated rings. The van der Waals surface area contributed by atoms with Crippen LogP contribution in [0.15, 0.2) is 30.3 Å². The number of hydrogen-bond acceptors (Lipinski definition) is 2. The van der Waals surface area contributed by atoms with Crippen LogP contribution >= 0.6 is 0 Å². The van der Waals surface area contributed by atoms with Gasteiger partial charge in [0.25, 0.3) is 0 Å². The van der Waals surface area contributed by atoms with Crippen molar-refractivity contribution in [3.8, 4) is 0 Å². The van der Waals surface area contributed by atoms with Crippen molar-refractivity contribution in [1.82, 2.24) is 5.32 Å².